The van der Waals surface area contributed by atoms with Crippen LogP contribution in [0.25, 0.3) is 10.6 Å². The first kappa shape index (κ1) is 30.8. The van der Waals surface area contributed by atoms with E-state index in [2.05, 4.69) is 43.8 Å². The zero-order valence-electron chi connectivity index (χ0n) is 24.3. The number of thiophene rings is 1. The van der Waals surface area contributed by atoms with E-state index in [0.717, 1.165) is 60.4 Å². The molecule has 2 atom stereocenters. The quantitative estimate of drug-likeness (QED) is 0.278. The number of amides is 1. The summed E-state index contributed by atoms with van der Waals surface area (Å²) >= 11 is 9.31. The Hall–Kier alpha value is -2.64. The normalized spacial score (nSPS) is 19.8. The van der Waals surface area contributed by atoms with Gasteiger partial charge in [0, 0.05) is 55.1 Å². The van der Waals surface area contributed by atoms with Gasteiger partial charge in [-0.05, 0) is 45.7 Å². The van der Waals surface area contributed by atoms with Crippen molar-refractivity contribution in [2.24, 2.45) is 0 Å². The summed E-state index contributed by atoms with van der Waals surface area (Å²) in [5.41, 5.74) is 1.12. The number of nitrogens with zero attached hydrogens (tertiary/aromatic N) is 6. The predicted molar refractivity (Wildman–Crippen MR) is 169 cm³/mol. The van der Waals surface area contributed by atoms with E-state index in [1.165, 1.54) is 30.4 Å². The van der Waals surface area contributed by atoms with Crippen molar-refractivity contribution in [2.45, 2.75) is 65.1 Å². The molecule has 0 aliphatic carbocycles. The van der Waals surface area contributed by atoms with E-state index in [-0.39, 0.29) is 23.6 Å². The highest BCUT2D eigenvalue weighted by atomic mass is 35.5. The number of nitrogens with one attached hydrogen (secondary N) is 1. The first-order chi connectivity index (χ1) is 20.3. The molecule has 2 aliphatic rings. The molecule has 0 saturated carbocycles. The number of carbonyl (C=O) groups excluding carboxylic acids is 2. The topological polar surface area (TPSA) is 104 Å². The summed E-state index contributed by atoms with van der Waals surface area (Å²) in [5.74, 6) is 0.230. The highest BCUT2D eigenvalue weighted by Gasteiger charge is 2.27. The number of aromatic nitrogens is 3. The Labute approximate surface area is 260 Å². The molecule has 0 spiro atoms. The number of piperazine rings is 1. The largest absolute Gasteiger partial charge is 0.466 e. The Kier molecular flexibility index (Phi) is 10.4. The van der Waals surface area contributed by atoms with Crippen molar-refractivity contribution in [3.8, 4) is 10.6 Å². The highest BCUT2D eigenvalue weighted by Crippen LogP contribution is 2.38. The van der Waals surface area contributed by atoms with Gasteiger partial charge in [-0.1, -0.05) is 29.9 Å². The third-order valence-corrected chi connectivity index (χ3v) is 10.1. The van der Waals surface area contributed by atoms with Crippen LogP contribution in [0.3, 0.4) is 0 Å². The van der Waals surface area contributed by atoms with E-state index >= 15 is 0 Å². The van der Waals surface area contributed by atoms with E-state index in [0.29, 0.717) is 35.8 Å². The number of hydrogen-bond donors (Lipinski definition) is 1. The summed E-state index contributed by atoms with van der Waals surface area (Å²) < 4.78 is 5.04. The number of likely N-dealkylation sites (tertiary alicyclic amines) is 1. The predicted octanol–water partition coefficient (Wildman–Crippen LogP) is 5.41. The van der Waals surface area contributed by atoms with E-state index in [1.54, 1.807) is 17.5 Å². The van der Waals surface area contributed by atoms with Gasteiger partial charge in [0.05, 0.1) is 41.0 Å². The van der Waals surface area contributed by atoms with Gasteiger partial charge >= 0.3 is 5.97 Å². The molecular weight excluding hydrogens is 594 g/mol. The van der Waals surface area contributed by atoms with Crippen LogP contribution in [0.2, 0.25) is 5.02 Å². The van der Waals surface area contributed by atoms with Crippen LogP contribution in [-0.4, -0.2) is 88.0 Å². The molecule has 0 bridgehead atoms. The molecule has 5 rings (SSSR count). The number of hydrogen-bond acceptors (Lipinski definition) is 11. The van der Waals surface area contributed by atoms with Crippen molar-refractivity contribution in [2.75, 3.05) is 49.5 Å². The number of rotatable bonds is 11. The molecule has 10 nitrogen and oxygen atoms in total. The zero-order valence-corrected chi connectivity index (χ0v) is 26.7. The van der Waals surface area contributed by atoms with Crippen LogP contribution in [0.15, 0.2) is 23.8 Å². The number of esters is 1. The molecule has 3 aromatic rings. The number of halogens is 1. The third kappa shape index (κ3) is 7.46. The lowest BCUT2D eigenvalue weighted by molar-refractivity contribution is -0.143. The Morgan fingerprint density at radius 2 is 2.05 bits per heavy atom. The van der Waals surface area contributed by atoms with Crippen LogP contribution in [-0.2, 0) is 16.1 Å². The van der Waals surface area contributed by atoms with Crippen molar-refractivity contribution >= 4 is 57.1 Å². The molecule has 0 radical (unpaired) electrons. The number of thiazole rings is 1. The van der Waals surface area contributed by atoms with Crippen molar-refractivity contribution in [1.82, 2.24) is 24.8 Å². The highest BCUT2D eigenvalue weighted by molar-refractivity contribution is 7.17. The molecule has 2 saturated heterocycles. The van der Waals surface area contributed by atoms with Gasteiger partial charge in [-0.2, -0.15) is 0 Å². The second-order valence-corrected chi connectivity index (χ2v) is 13.1. The first-order valence-electron chi connectivity index (χ1n) is 14.6. The van der Waals surface area contributed by atoms with Gasteiger partial charge in [0.2, 0.25) is 0 Å². The average molecular weight is 632 g/mol. The number of anilines is 2. The minimum absolute atomic E-state index is 0.162. The van der Waals surface area contributed by atoms with Crippen LogP contribution in [0.5, 0.6) is 0 Å². The van der Waals surface area contributed by atoms with E-state index in [4.69, 9.17) is 21.3 Å². The molecule has 2 aliphatic heterocycles. The molecule has 226 valence electrons. The van der Waals surface area contributed by atoms with Crippen LogP contribution in [0, 0.1) is 0 Å². The summed E-state index contributed by atoms with van der Waals surface area (Å²) in [6.07, 6.45) is 7.13. The molecule has 1 N–H and O–H groups in total. The maximum atomic E-state index is 13.2. The van der Waals surface area contributed by atoms with Gasteiger partial charge in [-0.25, -0.2) is 15.0 Å². The molecule has 0 unspecified atom stereocenters. The number of carbonyl (C=O) groups is 2. The summed E-state index contributed by atoms with van der Waals surface area (Å²) in [7, 11) is 0. The lowest BCUT2D eigenvalue weighted by Gasteiger charge is -2.40. The Morgan fingerprint density at radius 1 is 1.19 bits per heavy atom. The molecule has 3 aromatic heterocycles. The molecule has 42 heavy (non-hydrogen) atoms. The van der Waals surface area contributed by atoms with Gasteiger partial charge in [0.25, 0.3) is 5.91 Å². The van der Waals surface area contributed by atoms with Gasteiger partial charge in [-0.3, -0.25) is 24.7 Å². The fourth-order valence-corrected chi connectivity index (χ4v) is 7.85. The fraction of sp³-hybridized carbons (Fsp3) is 0.552. The molecular formula is C29H38ClN7O3S2. The Balaban J connectivity index is 1.22. The fourth-order valence-electron chi connectivity index (χ4n) is 5.70. The van der Waals surface area contributed by atoms with Crippen LogP contribution >= 0.6 is 34.3 Å². The maximum absolute atomic E-state index is 13.2. The summed E-state index contributed by atoms with van der Waals surface area (Å²) in [5, 5.41) is 6.09. The van der Waals surface area contributed by atoms with E-state index in [1.807, 2.05) is 18.4 Å². The average Bonchev–Trinajstić information content (AvgIpc) is 3.72. The van der Waals surface area contributed by atoms with E-state index < -0.39 is 0 Å². The third-order valence-electron chi connectivity index (χ3n) is 7.85. The SMILES string of the molecule is CCOC(=O)CCN1CCN(c2cnc(C(=O)Nc3nc(-c4cc(Cl)cs4)c(CN4CCC[C@H]4CC)s3)cn2)[C@@H](C)C1. The second kappa shape index (κ2) is 14.2. The van der Waals surface area contributed by atoms with Crippen LogP contribution in [0.4, 0.5) is 10.9 Å². The first-order valence-corrected chi connectivity index (χ1v) is 16.7. The Bertz CT molecular complexity index is 1370. The van der Waals surface area contributed by atoms with Crippen LogP contribution < -0.4 is 10.2 Å². The summed E-state index contributed by atoms with van der Waals surface area (Å²) in [4.78, 5) is 47.8. The monoisotopic (exact) mass is 631 g/mol. The second-order valence-electron chi connectivity index (χ2n) is 10.7. The van der Waals surface area contributed by atoms with Gasteiger partial charge in [0.15, 0.2) is 5.13 Å². The minimum Gasteiger partial charge on any atom is -0.466 e. The number of ether oxygens (including phenoxy) is 1. The maximum Gasteiger partial charge on any atom is 0.307 e. The van der Waals surface area contributed by atoms with Crippen molar-refractivity contribution in [3.63, 3.8) is 0 Å². The van der Waals surface area contributed by atoms with Gasteiger partial charge in [-0.15, -0.1) is 11.3 Å². The lowest BCUT2D eigenvalue weighted by atomic mass is 10.1. The Morgan fingerprint density at radius 3 is 2.74 bits per heavy atom. The van der Waals surface area contributed by atoms with Crippen molar-refractivity contribution < 1.29 is 14.3 Å². The minimum atomic E-state index is -0.338. The lowest BCUT2D eigenvalue weighted by Crippen LogP contribution is -2.52. The van der Waals surface area contributed by atoms with Gasteiger partial charge < -0.3 is 9.64 Å². The smallest absolute Gasteiger partial charge is 0.307 e. The van der Waals surface area contributed by atoms with Crippen molar-refractivity contribution in [3.05, 3.63) is 39.4 Å². The molecule has 1 amide bonds. The van der Waals surface area contributed by atoms with E-state index in [9.17, 15) is 9.59 Å². The summed E-state index contributed by atoms with van der Waals surface area (Å²) in [6.45, 7) is 11.5. The van der Waals surface area contributed by atoms with Crippen molar-refractivity contribution in [1.29, 1.82) is 0 Å². The van der Waals surface area contributed by atoms with Crippen LogP contribution in [0.1, 0.15) is 61.8 Å². The molecule has 13 heteroatoms. The molecule has 2 fully saturated rings. The molecule has 5 heterocycles. The van der Waals surface area contributed by atoms with Gasteiger partial charge in [0.1, 0.15) is 11.5 Å². The summed E-state index contributed by atoms with van der Waals surface area (Å²) in [6, 6.07) is 2.70. The standard InChI is InChI=1S/C29H38ClN7O3S2/c1-4-21-7-6-9-36(21)17-24-27(23-13-20(30)18-41-23)33-29(42-24)34-28(39)22-14-32-25(15-31-22)37-12-11-35(16-19(37)3)10-8-26(38)40-5-2/h13-15,18-19,21H,4-12,16-17H2,1-3H3,(H,33,34,39)/t19-,21+/m0/s1. The zero-order chi connectivity index (χ0) is 29.6. The molecule has 0 aromatic carbocycles.